The van der Waals surface area contributed by atoms with Crippen molar-refractivity contribution in [2.24, 2.45) is 11.8 Å². The highest BCUT2D eigenvalue weighted by Gasteiger charge is 2.26. The molecule has 1 fully saturated rings. The van der Waals surface area contributed by atoms with Gasteiger partial charge in [-0.1, -0.05) is 13.8 Å². The van der Waals surface area contributed by atoms with Crippen molar-refractivity contribution in [1.29, 1.82) is 0 Å². The second-order valence-electron chi connectivity index (χ2n) is 5.36. The third-order valence-corrected chi connectivity index (χ3v) is 3.84. The van der Waals surface area contributed by atoms with Crippen LogP contribution in [0.25, 0.3) is 0 Å². The van der Waals surface area contributed by atoms with Gasteiger partial charge in [0, 0.05) is 25.0 Å². The fourth-order valence-corrected chi connectivity index (χ4v) is 2.29. The van der Waals surface area contributed by atoms with E-state index in [4.69, 9.17) is 0 Å². The van der Waals surface area contributed by atoms with E-state index < -0.39 is 0 Å². The summed E-state index contributed by atoms with van der Waals surface area (Å²) in [6.45, 7) is 6.73. The van der Waals surface area contributed by atoms with Gasteiger partial charge in [-0.2, -0.15) is 0 Å². The summed E-state index contributed by atoms with van der Waals surface area (Å²) in [5.41, 5.74) is 0. The lowest BCUT2D eigenvalue weighted by Gasteiger charge is -2.31. The van der Waals surface area contributed by atoms with Gasteiger partial charge in [0.25, 0.3) is 0 Å². The molecule has 1 aliphatic rings. The molecule has 94 valence electrons. The van der Waals surface area contributed by atoms with E-state index in [1.54, 1.807) is 7.05 Å². The Bertz CT molecular complexity index is 220. The van der Waals surface area contributed by atoms with Gasteiger partial charge in [-0.25, -0.2) is 0 Å². The van der Waals surface area contributed by atoms with Crippen LogP contribution < -0.4 is 10.6 Å². The highest BCUT2D eigenvalue weighted by Crippen LogP contribution is 2.25. The molecule has 0 aromatic carbocycles. The molecule has 3 heteroatoms. The molecule has 0 aliphatic heterocycles. The molecule has 1 rings (SSSR count). The van der Waals surface area contributed by atoms with Crippen LogP contribution in [0.3, 0.4) is 0 Å². The number of rotatable bonds is 4. The lowest BCUT2D eigenvalue weighted by Crippen LogP contribution is -2.43. The SMILES string of the molecule is CNC(=O)C1CCC(NC(C)C(C)C)CC1. The molecule has 16 heavy (non-hydrogen) atoms. The molecule has 0 aromatic heterocycles. The molecule has 1 unspecified atom stereocenters. The molecule has 1 amide bonds. The molecule has 1 atom stereocenters. The maximum Gasteiger partial charge on any atom is 0.222 e. The molecule has 0 bridgehead atoms. The van der Waals surface area contributed by atoms with Crippen LogP contribution in [0.15, 0.2) is 0 Å². The molecule has 0 aromatic rings. The highest BCUT2D eigenvalue weighted by molar-refractivity contribution is 5.78. The number of hydrogen-bond acceptors (Lipinski definition) is 2. The number of carbonyl (C=O) groups is 1. The van der Waals surface area contributed by atoms with Crippen LogP contribution in [0, 0.1) is 11.8 Å². The van der Waals surface area contributed by atoms with E-state index in [0.717, 1.165) is 25.7 Å². The van der Waals surface area contributed by atoms with Crippen molar-refractivity contribution in [2.45, 2.75) is 58.5 Å². The van der Waals surface area contributed by atoms with E-state index in [1.807, 2.05) is 0 Å². The summed E-state index contributed by atoms with van der Waals surface area (Å²) in [4.78, 5) is 11.5. The Labute approximate surface area is 99.4 Å². The molecular formula is C13H26N2O. The largest absolute Gasteiger partial charge is 0.359 e. The van der Waals surface area contributed by atoms with E-state index in [2.05, 4.69) is 31.4 Å². The Balaban J connectivity index is 2.29. The van der Waals surface area contributed by atoms with Crippen LogP contribution in [0.1, 0.15) is 46.5 Å². The molecular weight excluding hydrogens is 200 g/mol. The fraction of sp³-hybridized carbons (Fsp3) is 0.923. The van der Waals surface area contributed by atoms with Crippen LogP contribution in [-0.4, -0.2) is 25.0 Å². The number of nitrogens with one attached hydrogen (secondary N) is 2. The third-order valence-electron chi connectivity index (χ3n) is 3.84. The maximum atomic E-state index is 11.5. The maximum absolute atomic E-state index is 11.5. The Hall–Kier alpha value is -0.570. The number of carbonyl (C=O) groups excluding carboxylic acids is 1. The zero-order chi connectivity index (χ0) is 12.1. The van der Waals surface area contributed by atoms with Gasteiger partial charge in [0.1, 0.15) is 0 Å². The van der Waals surface area contributed by atoms with Crippen LogP contribution in [0.4, 0.5) is 0 Å². The summed E-state index contributed by atoms with van der Waals surface area (Å²) in [5.74, 6) is 1.14. The van der Waals surface area contributed by atoms with Gasteiger partial charge in [-0.05, 0) is 38.5 Å². The minimum absolute atomic E-state index is 0.218. The molecule has 0 radical (unpaired) electrons. The average molecular weight is 226 g/mol. The Morgan fingerprint density at radius 3 is 2.12 bits per heavy atom. The van der Waals surface area contributed by atoms with Crippen molar-refractivity contribution in [3.63, 3.8) is 0 Å². The summed E-state index contributed by atoms with van der Waals surface area (Å²) in [6.07, 6.45) is 4.33. The monoisotopic (exact) mass is 226 g/mol. The predicted octanol–water partition coefficient (Wildman–Crippen LogP) is 1.93. The van der Waals surface area contributed by atoms with E-state index in [0.29, 0.717) is 18.0 Å². The van der Waals surface area contributed by atoms with Crippen molar-refractivity contribution in [2.75, 3.05) is 7.05 Å². The van der Waals surface area contributed by atoms with E-state index in [1.165, 1.54) is 0 Å². The number of hydrogen-bond donors (Lipinski definition) is 2. The first kappa shape index (κ1) is 13.5. The summed E-state index contributed by atoms with van der Waals surface area (Å²) >= 11 is 0. The smallest absolute Gasteiger partial charge is 0.222 e. The molecule has 0 saturated heterocycles. The average Bonchev–Trinajstić information content (AvgIpc) is 2.28. The zero-order valence-electron chi connectivity index (χ0n) is 11.0. The van der Waals surface area contributed by atoms with Crippen molar-refractivity contribution in [1.82, 2.24) is 10.6 Å². The summed E-state index contributed by atoms with van der Waals surface area (Å²) in [7, 11) is 1.73. The van der Waals surface area contributed by atoms with Gasteiger partial charge >= 0.3 is 0 Å². The van der Waals surface area contributed by atoms with Crippen molar-refractivity contribution in [3.8, 4) is 0 Å². The minimum Gasteiger partial charge on any atom is -0.359 e. The normalized spacial score (nSPS) is 27.8. The summed E-state index contributed by atoms with van der Waals surface area (Å²) in [5, 5.41) is 6.41. The van der Waals surface area contributed by atoms with Crippen LogP contribution in [-0.2, 0) is 4.79 Å². The van der Waals surface area contributed by atoms with Gasteiger partial charge in [0.05, 0.1) is 0 Å². The first-order valence-corrected chi connectivity index (χ1v) is 6.52. The Morgan fingerprint density at radius 2 is 1.69 bits per heavy atom. The standard InChI is InChI=1S/C13H26N2O/c1-9(2)10(3)15-12-7-5-11(6-8-12)13(16)14-4/h9-12,15H,5-8H2,1-4H3,(H,14,16). The van der Waals surface area contributed by atoms with Crippen molar-refractivity contribution >= 4 is 5.91 Å². The first-order valence-electron chi connectivity index (χ1n) is 6.52. The second kappa shape index (κ2) is 6.24. The highest BCUT2D eigenvalue weighted by atomic mass is 16.1. The molecule has 1 saturated carbocycles. The zero-order valence-corrected chi connectivity index (χ0v) is 11.0. The molecule has 0 heterocycles. The van der Waals surface area contributed by atoms with Crippen LogP contribution in [0.5, 0.6) is 0 Å². The van der Waals surface area contributed by atoms with Gasteiger partial charge in [0.15, 0.2) is 0 Å². The van der Waals surface area contributed by atoms with Crippen molar-refractivity contribution < 1.29 is 4.79 Å². The fourth-order valence-electron chi connectivity index (χ4n) is 2.29. The summed E-state index contributed by atoms with van der Waals surface area (Å²) < 4.78 is 0. The van der Waals surface area contributed by atoms with Gasteiger partial charge in [-0.15, -0.1) is 0 Å². The first-order chi connectivity index (χ1) is 7.54. The molecule has 0 spiro atoms. The quantitative estimate of drug-likeness (QED) is 0.769. The van der Waals surface area contributed by atoms with Gasteiger partial charge in [-0.3, -0.25) is 4.79 Å². The molecule has 3 nitrogen and oxygen atoms in total. The van der Waals surface area contributed by atoms with Gasteiger partial charge in [0.2, 0.25) is 5.91 Å². The second-order valence-corrected chi connectivity index (χ2v) is 5.36. The summed E-state index contributed by atoms with van der Waals surface area (Å²) in [6, 6.07) is 1.18. The van der Waals surface area contributed by atoms with Crippen molar-refractivity contribution in [3.05, 3.63) is 0 Å². The van der Waals surface area contributed by atoms with E-state index >= 15 is 0 Å². The Kier molecular flexibility index (Phi) is 5.26. The minimum atomic E-state index is 0.218. The van der Waals surface area contributed by atoms with E-state index in [9.17, 15) is 4.79 Å². The number of amides is 1. The van der Waals surface area contributed by atoms with Crippen LogP contribution in [0.2, 0.25) is 0 Å². The van der Waals surface area contributed by atoms with Crippen LogP contribution >= 0.6 is 0 Å². The topological polar surface area (TPSA) is 41.1 Å². The predicted molar refractivity (Wildman–Crippen MR) is 67.2 cm³/mol. The third kappa shape index (κ3) is 3.78. The lowest BCUT2D eigenvalue weighted by atomic mass is 9.85. The van der Waals surface area contributed by atoms with Gasteiger partial charge < -0.3 is 10.6 Å². The lowest BCUT2D eigenvalue weighted by molar-refractivity contribution is -0.125. The Morgan fingerprint density at radius 1 is 1.12 bits per heavy atom. The molecule has 2 N–H and O–H groups in total. The van der Waals surface area contributed by atoms with E-state index in [-0.39, 0.29) is 11.8 Å². The molecule has 1 aliphatic carbocycles.